The molecule has 1 aromatic carbocycles. The number of hydrogen-bond acceptors (Lipinski definition) is 3. The first-order valence-corrected chi connectivity index (χ1v) is 11.3. The van der Waals surface area contributed by atoms with Crippen LogP contribution in [0.5, 0.6) is 0 Å². The van der Waals surface area contributed by atoms with Gasteiger partial charge >= 0.3 is 0 Å². The van der Waals surface area contributed by atoms with E-state index in [9.17, 15) is 13.2 Å². The van der Waals surface area contributed by atoms with Crippen LogP contribution in [0, 0.1) is 0 Å². The number of allylic oxidation sites excluding steroid dienone is 1. The normalized spacial score (nSPS) is 14.6. The highest BCUT2D eigenvalue weighted by atomic mass is 32.2. The lowest BCUT2D eigenvalue weighted by atomic mass is 10.00. The van der Waals surface area contributed by atoms with Crippen LogP contribution in [-0.2, 0) is 21.2 Å². The molecule has 1 aliphatic carbocycles. The van der Waals surface area contributed by atoms with E-state index in [1.165, 1.54) is 29.0 Å². The fourth-order valence-corrected chi connectivity index (χ4v) is 4.26. The van der Waals surface area contributed by atoms with Gasteiger partial charge in [-0.3, -0.25) is 9.10 Å². The predicted octanol–water partition coefficient (Wildman–Crippen LogP) is 3.41. The van der Waals surface area contributed by atoms with E-state index in [2.05, 4.69) is 11.4 Å². The molecule has 1 amide bonds. The molecule has 144 valence electrons. The van der Waals surface area contributed by atoms with Gasteiger partial charge in [-0.2, -0.15) is 0 Å². The second kappa shape index (κ2) is 9.76. The summed E-state index contributed by atoms with van der Waals surface area (Å²) >= 11 is 0. The molecule has 0 spiro atoms. The first-order chi connectivity index (χ1) is 12.4. The van der Waals surface area contributed by atoms with E-state index in [0.717, 1.165) is 24.8 Å². The average molecular weight is 379 g/mol. The molecule has 1 aliphatic rings. The molecule has 2 rings (SSSR count). The topological polar surface area (TPSA) is 66.5 Å². The Kier molecular flexibility index (Phi) is 7.69. The van der Waals surface area contributed by atoms with E-state index in [4.69, 9.17) is 0 Å². The van der Waals surface area contributed by atoms with Crippen LogP contribution in [-0.4, -0.2) is 33.7 Å². The summed E-state index contributed by atoms with van der Waals surface area (Å²) in [6, 6.07) is 7.53. The number of nitrogens with one attached hydrogen (secondary N) is 1. The molecule has 0 aliphatic heterocycles. The Morgan fingerprint density at radius 1 is 1.23 bits per heavy atom. The number of hydrogen-bond donors (Lipinski definition) is 1. The number of carbonyl (C=O) groups excluding carboxylic acids is 1. The van der Waals surface area contributed by atoms with Crippen LogP contribution in [0.2, 0.25) is 0 Å². The zero-order chi connectivity index (χ0) is 19.0. The number of nitrogens with zero attached hydrogens (tertiary/aromatic N) is 1. The minimum absolute atomic E-state index is 0.0197. The Bertz CT molecular complexity index is 741. The molecule has 0 radical (unpaired) electrons. The highest BCUT2D eigenvalue weighted by molar-refractivity contribution is 7.92. The van der Waals surface area contributed by atoms with Crippen LogP contribution in [0.25, 0.3) is 0 Å². The van der Waals surface area contributed by atoms with E-state index in [1.807, 2.05) is 31.2 Å². The Morgan fingerprint density at radius 2 is 2.00 bits per heavy atom. The van der Waals surface area contributed by atoms with Crippen molar-refractivity contribution in [2.75, 3.05) is 23.7 Å². The summed E-state index contributed by atoms with van der Waals surface area (Å²) in [6.45, 7) is 2.94. The van der Waals surface area contributed by atoms with Crippen molar-refractivity contribution in [2.45, 2.75) is 51.9 Å². The number of carbonyl (C=O) groups is 1. The molecule has 0 fully saturated rings. The molecular formula is C20H30N2O3S. The van der Waals surface area contributed by atoms with Gasteiger partial charge in [-0.15, -0.1) is 0 Å². The summed E-state index contributed by atoms with van der Waals surface area (Å²) in [5.41, 5.74) is 3.01. The minimum atomic E-state index is -3.39. The van der Waals surface area contributed by atoms with Gasteiger partial charge in [0.25, 0.3) is 0 Å². The van der Waals surface area contributed by atoms with Crippen molar-refractivity contribution >= 4 is 21.6 Å². The molecule has 0 unspecified atom stereocenters. The van der Waals surface area contributed by atoms with Crippen LogP contribution >= 0.6 is 0 Å². The van der Waals surface area contributed by atoms with Gasteiger partial charge in [-0.05, 0) is 50.2 Å². The fraction of sp³-hybridized carbons (Fsp3) is 0.550. The third kappa shape index (κ3) is 6.16. The zero-order valence-electron chi connectivity index (χ0n) is 15.8. The standard InChI is InChI=1S/C20H30N2O3S/c1-3-18-12-7-8-13-19(18)22(26(2,24)25)15-9-14-20(23)21-16-17-10-5-4-6-11-17/h7-8,10,12-13H,3-6,9,11,14-16H2,1-2H3,(H,21,23). The van der Waals surface area contributed by atoms with E-state index < -0.39 is 10.0 Å². The van der Waals surface area contributed by atoms with Crippen LogP contribution in [0.1, 0.15) is 51.0 Å². The molecule has 0 saturated carbocycles. The van der Waals surface area contributed by atoms with E-state index in [0.29, 0.717) is 31.6 Å². The lowest BCUT2D eigenvalue weighted by Crippen LogP contribution is -2.33. The highest BCUT2D eigenvalue weighted by Crippen LogP contribution is 2.24. The van der Waals surface area contributed by atoms with Crippen molar-refractivity contribution in [3.05, 3.63) is 41.5 Å². The van der Waals surface area contributed by atoms with Crippen LogP contribution in [0.15, 0.2) is 35.9 Å². The van der Waals surface area contributed by atoms with Crippen molar-refractivity contribution in [3.8, 4) is 0 Å². The molecule has 0 aromatic heterocycles. The Labute approximate surface area is 157 Å². The van der Waals surface area contributed by atoms with E-state index >= 15 is 0 Å². The van der Waals surface area contributed by atoms with Crippen LogP contribution in [0.4, 0.5) is 5.69 Å². The SMILES string of the molecule is CCc1ccccc1N(CCCC(=O)NCC1=CCCCC1)S(C)(=O)=O. The van der Waals surface area contributed by atoms with Crippen molar-refractivity contribution in [1.29, 1.82) is 0 Å². The quantitative estimate of drug-likeness (QED) is 0.670. The molecule has 0 saturated heterocycles. The molecule has 5 nitrogen and oxygen atoms in total. The zero-order valence-corrected chi connectivity index (χ0v) is 16.6. The smallest absolute Gasteiger partial charge is 0.232 e. The molecule has 1 aromatic rings. The van der Waals surface area contributed by atoms with Crippen molar-refractivity contribution < 1.29 is 13.2 Å². The van der Waals surface area contributed by atoms with Gasteiger partial charge < -0.3 is 5.32 Å². The number of amides is 1. The van der Waals surface area contributed by atoms with Gasteiger partial charge in [0.15, 0.2) is 0 Å². The van der Waals surface area contributed by atoms with Crippen molar-refractivity contribution in [1.82, 2.24) is 5.32 Å². The van der Waals surface area contributed by atoms with Gasteiger partial charge in [0.1, 0.15) is 0 Å². The predicted molar refractivity (Wildman–Crippen MR) is 107 cm³/mol. The van der Waals surface area contributed by atoms with E-state index in [-0.39, 0.29) is 5.91 Å². The highest BCUT2D eigenvalue weighted by Gasteiger charge is 2.19. The second-order valence-corrected chi connectivity index (χ2v) is 8.71. The van der Waals surface area contributed by atoms with Gasteiger partial charge in [0, 0.05) is 19.5 Å². The summed E-state index contributed by atoms with van der Waals surface area (Å²) in [5.74, 6) is -0.0197. The maximum absolute atomic E-state index is 12.2. The first kappa shape index (κ1) is 20.5. The third-order valence-corrected chi connectivity index (χ3v) is 5.88. The Hall–Kier alpha value is -1.82. The number of benzene rings is 1. The Morgan fingerprint density at radius 3 is 2.65 bits per heavy atom. The third-order valence-electron chi connectivity index (χ3n) is 4.70. The largest absolute Gasteiger partial charge is 0.352 e. The fourth-order valence-electron chi connectivity index (χ4n) is 3.27. The van der Waals surface area contributed by atoms with Crippen molar-refractivity contribution in [2.24, 2.45) is 0 Å². The molecule has 0 atom stereocenters. The molecular weight excluding hydrogens is 348 g/mol. The van der Waals surface area contributed by atoms with Gasteiger partial charge in [0.05, 0.1) is 11.9 Å². The molecule has 1 N–H and O–H groups in total. The maximum Gasteiger partial charge on any atom is 0.232 e. The minimum Gasteiger partial charge on any atom is -0.352 e. The molecule has 0 bridgehead atoms. The second-order valence-electron chi connectivity index (χ2n) is 6.81. The maximum atomic E-state index is 12.2. The summed E-state index contributed by atoms with van der Waals surface area (Å²) < 4.78 is 25.9. The van der Waals surface area contributed by atoms with Crippen molar-refractivity contribution in [3.63, 3.8) is 0 Å². The summed E-state index contributed by atoms with van der Waals surface area (Å²) in [5, 5.41) is 2.95. The number of anilines is 1. The van der Waals surface area contributed by atoms with Crippen LogP contribution in [0.3, 0.4) is 0 Å². The lowest BCUT2D eigenvalue weighted by Gasteiger charge is -2.24. The molecule has 0 heterocycles. The summed E-state index contributed by atoms with van der Waals surface area (Å²) in [4.78, 5) is 12.1. The number of rotatable bonds is 9. The number of aryl methyl sites for hydroxylation is 1. The van der Waals surface area contributed by atoms with Gasteiger partial charge in [-0.25, -0.2) is 8.42 Å². The summed E-state index contributed by atoms with van der Waals surface area (Å²) in [6.07, 6.45) is 9.62. The van der Waals surface area contributed by atoms with Gasteiger partial charge in [-0.1, -0.05) is 36.8 Å². The number of sulfonamides is 1. The first-order valence-electron chi connectivity index (χ1n) is 9.42. The molecule has 26 heavy (non-hydrogen) atoms. The van der Waals surface area contributed by atoms with Crippen LogP contribution < -0.4 is 9.62 Å². The number of para-hydroxylation sites is 1. The van der Waals surface area contributed by atoms with Gasteiger partial charge in [0.2, 0.25) is 15.9 Å². The molecule has 6 heteroatoms. The summed E-state index contributed by atoms with van der Waals surface area (Å²) in [7, 11) is -3.39. The van der Waals surface area contributed by atoms with E-state index in [1.54, 1.807) is 0 Å². The average Bonchev–Trinajstić information content (AvgIpc) is 2.63. The lowest BCUT2D eigenvalue weighted by molar-refractivity contribution is -0.120. The Balaban J connectivity index is 1.89. The monoisotopic (exact) mass is 378 g/mol.